The highest BCUT2D eigenvalue weighted by Gasteiger charge is 2.27. The van der Waals surface area contributed by atoms with E-state index in [4.69, 9.17) is 0 Å². The van der Waals surface area contributed by atoms with Crippen LogP contribution in [0.25, 0.3) is 0 Å². The molecule has 1 atom stereocenters. The zero-order chi connectivity index (χ0) is 13.8. The fourth-order valence-electron chi connectivity index (χ4n) is 3.70. The maximum Gasteiger partial charge on any atom is 0.0798 e. The summed E-state index contributed by atoms with van der Waals surface area (Å²) in [7, 11) is 0. The van der Waals surface area contributed by atoms with E-state index in [0.717, 1.165) is 12.5 Å². The minimum absolute atomic E-state index is 0.714. The van der Waals surface area contributed by atoms with Crippen LogP contribution in [-0.4, -0.2) is 35.6 Å². The summed E-state index contributed by atoms with van der Waals surface area (Å²) in [5, 5.41) is 3.82. The van der Waals surface area contributed by atoms with E-state index >= 15 is 0 Å². The lowest BCUT2D eigenvalue weighted by molar-refractivity contribution is 0.202. The number of nitrogens with one attached hydrogen (secondary N) is 1. The van der Waals surface area contributed by atoms with Crippen LogP contribution in [0.5, 0.6) is 0 Å². The molecule has 3 rings (SSSR count). The maximum absolute atomic E-state index is 4.39. The lowest BCUT2D eigenvalue weighted by Crippen LogP contribution is -2.43. The van der Waals surface area contributed by atoms with Gasteiger partial charge in [0, 0.05) is 24.0 Å². The van der Waals surface area contributed by atoms with Gasteiger partial charge in [-0.3, -0.25) is 4.90 Å². The summed E-state index contributed by atoms with van der Waals surface area (Å²) in [4.78, 5) is 8.50. The molecular formula is C16H27N3S. The summed E-state index contributed by atoms with van der Waals surface area (Å²) in [5.41, 5.74) is 3.21. The van der Waals surface area contributed by atoms with Crippen LogP contribution in [0.1, 0.15) is 49.1 Å². The number of rotatable bonds is 3. The number of aryl methyl sites for hydroxylation is 1. The number of thiazole rings is 1. The molecular weight excluding hydrogens is 266 g/mol. The summed E-state index contributed by atoms with van der Waals surface area (Å²) in [6, 6.07) is 0.714. The fraction of sp³-hybridized carbons (Fsp3) is 0.812. The van der Waals surface area contributed by atoms with E-state index in [1.54, 1.807) is 0 Å². The third-order valence-corrected chi connectivity index (χ3v) is 5.86. The predicted molar refractivity (Wildman–Crippen MR) is 85.1 cm³/mol. The molecule has 0 aromatic carbocycles. The maximum atomic E-state index is 4.39. The van der Waals surface area contributed by atoms with Crippen LogP contribution in [0.4, 0.5) is 0 Å². The highest BCUT2D eigenvalue weighted by atomic mass is 32.1. The lowest BCUT2D eigenvalue weighted by atomic mass is 9.83. The first-order valence-electron chi connectivity index (χ1n) is 8.17. The SMILES string of the molecule is Cc1ncsc1CN1CCCNC(C2CCCCC2)C1. The molecule has 1 aliphatic carbocycles. The summed E-state index contributed by atoms with van der Waals surface area (Å²) in [6.45, 7) is 6.89. The molecule has 2 heterocycles. The zero-order valence-electron chi connectivity index (χ0n) is 12.6. The smallest absolute Gasteiger partial charge is 0.0798 e. The van der Waals surface area contributed by atoms with Crippen molar-refractivity contribution < 1.29 is 0 Å². The van der Waals surface area contributed by atoms with Crippen molar-refractivity contribution in [2.24, 2.45) is 5.92 Å². The van der Waals surface area contributed by atoms with Crippen molar-refractivity contribution in [2.75, 3.05) is 19.6 Å². The molecule has 3 nitrogen and oxygen atoms in total. The Hall–Kier alpha value is -0.450. The van der Waals surface area contributed by atoms with E-state index in [2.05, 4.69) is 22.1 Å². The van der Waals surface area contributed by atoms with Gasteiger partial charge in [-0.1, -0.05) is 19.3 Å². The average Bonchev–Trinajstić information content (AvgIpc) is 2.75. The van der Waals surface area contributed by atoms with Crippen molar-refractivity contribution in [1.82, 2.24) is 15.2 Å². The molecule has 0 amide bonds. The van der Waals surface area contributed by atoms with Crippen LogP contribution < -0.4 is 5.32 Å². The first-order chi connectivity index (χ1) is 9.83. The van der Waals surface area contributed by atoms with Crippen molar-refractivity contribution in [1.29, 1.82) is 0 Å². The molecule has 112 valence electrons. The van der Waals surface area contributed by atoms with E-state index < -0.39 is 0 Å². The summed E-state index contributed by atoms with van der Waals surface area (Å²) in [5.74, 6) is 0.909. The van der Waals surface area contributed by atoms with Crippen molar-refractivity contribution in [3.63, 3.8) is 0 Å². The van der Waals surface area contributed by atoms with Gasteiger partial charge in [0.2, 0.25) is 0 Å². The van der Waals surface area contributed by atoms with Crippen molar-refractivity contribution in [3.05, 3.63) is 16.1 Å². The van der Waals surface area contributed by atoms with Gasteiger partial charge in [-0.25, -0.2) is 4.98 Å². The number of hydrogen-bond acceptors (Lipinski definition) is 4. The van der Waals surface area contributed by atoms with Gasteiger partial charge >= 0.3 is 0 Å². The number of nitrogens with zero attached hydrogens (tertiary/aromatic N) is 2. The van der Waals surface area contributed by atoms with Crippen LogP contribution in [0, 0.1) is 12.8 Å². The molecule has 0 spiro atoms. The first kappa shape index (κ1) is 14.5. The molecule has 1 saturated heterocycles. The van der Waals surface area contributed by atoms with E-state index in [9.17, 15) is 0 Å². The van der Waals surface area contributed by atoms with Gasteiger partial charge < -0.3 is 5.32 Å². The van der Waals surface area contributed by atoms with Gasteiger partial charge in [-0.05, 0) is 45.2 Å². The van der Waals surface area contributed by atoms with Crippen LogP contribution in [0.2, 0.25) is 0 Å². The largest absolute Gasteiger partial charge is 0.312 e. The normalized spacial score (nSPS) is 26.6. The second-order valence-electron chi connectivity index (χ2n) is 6.41. The second-order valence-corrected chi connectivity index (χ2v) is 7.35. The van der Waals surface area contributed by atoms with Gasteiger partial charge in [-0.15, -0.1) is 11.3 Å². The Balaban J connectivity index is 1.61. The molecule has 1 aromatic heterocycles. The van der Waals surface area contributed by atoms with Crippen LogP contribution in [-0.2, 0) is 6.54 Å². The van der Waals surface area contributed by atoms with Gasteiger partial charge in [0.25, 0.3) is 0 Å². The first-order valence-corrected chi connectivity index (χ1v) is 9.05. The molecule has 1 aliphatic heterocycles. The van der Waals surface area contributed by atoms with E-state index in [1.165, 1.54) is 68.7 Å². The molecule has 0 bridgehead atoms. The Labute approximate surface area is 126 Å². The Bertz CT molecular complexity index is 412. The molecule has 4 heteroatoms. The molecule has 2 fully saturated rings. The molecule has 1 aromatic rings. The highest BCUT2D eigenvalue weighted by Crippen LogP contribution is 2.28. The monoisotopic (exact) mass is 293 g/mol. The predicted octanol–water partition coefficient (Wildman–Crippen LogP) is 3.20. The Kier molecular flexibility index (Phi) is 5.08. The zero-order valence-corrected chi connectivity index (χ0v) is 13.4. The van der Waals surface area contributed by atoms with Gasteiger partial charge in [0.15, 0.2) is 0 Å². The highest BCUT2D eigenvalue weighted by molar-refractivity contribution is 7.09. The van der Waals surface area contributed by atoms with Crippen molar-refractivity contribution >= 4 is 11.3 Å². The third kappa shape index (κ3) is 3.60. The van der Waals surface area contributed by atoms with Gasteiger partial charge in [-0.2, -0.15) is 0 Å². The van der Waals surface area contributed by atoms with E-state index in [-0.39, 0.29) is 0 Å². The van der Waals surface area contributed by atoms with Crippen LogP contribution >= 0.6 is 11.3 Å². The molecule has 0 radical (unpaired) electrons. The van der Waals surface area contributed by atoms with Crippen molar-refractivity contribution in [2.45, 2.75) is 58.0 Å². The molecule has 2 aliphatic rings. The Morgan fingerprint density at radius 2 is 2.15 bits per heavy atom. The van der Waals surface area contributed by atoms with Gasteiger partial charge in [0.05, 0.1) is 11.2 Å². The summed E-state index contributed by atoms with van der Waals surface area (Å²) in [6.07, 6.45) is 8.48. The molecule has 1 N–H and O–H groups in total. The molecule has 20 heavy (non-hydrogen) atoms. The van der Waals surface area contributed by atoms with E-state index in [1.807, 2.05) is 16.8 Å². The quantitative estimate of drug-likeness (QED) is 0.927. The van der Waals surface area contributed by atoms with Crippen LogP contribution in [0.15, 0.2) is 5.51 Å². The minimum Gasteiger partial charge on any atom is -0.312 e. The van der Waals surface area contributed by atoms with E-state index in [0.29, 0.717) is 6.04 Å². The standard InChI is InChI=1S/C16H27N3S/c1-13-16(20-12-18-13)11-19-9-5-8-17-15(10-19)14-6-3-2-4-7-14/h12,14-15,17H,2-11H2,1H3. The third-order valence-electron chi connectivity index (χ3n) is 4.94. The Morgan fingerprint density at radius 1 is 1.30 bits per heavy atom. The molecule has 1 unspecified atom stereocenters. The number of aromatic nitrogens is 1. The van der Waals surface area contributed by atoms with Crippen LogP contribution in [0.3, 0.4) is 0 Å². The fourth-order valence-corrected chi connectivity index (χ4v) is 4.52. The Morgan fingerprint density at radius 3 is 2.90 bits per heavy atom. The summed E-state index contributed by atoms with van der Waals surface area (Å²) >= 11 is 1.81. The average molecular weight is 293 g/mol. The summed E-state index contributed by atoms with van der Waals surface area (Å²) < 4.78 is 0. The van der Waals surface area contributed by atoms with Gasteiger partial charge in [0.1, 0.15) is 0 Å². The lowest BCUT2D eigenvalue weighted by Gasteiger charge is -2.32. The number of hydrogen-bond donors (Lipinski definition) is 1. The van der Waals surface area contributed by atoms with Crippen molar-refractivity contribution in [3.8, 4) is 0 Å². The molecule has 1 saturated carbocycles. The minimum atomic E-state index is 0.714. The topological polar surface area (TPSA) is 28.2 Å². The second kappa shape index (κ2) is 7.01.